The Labute approximate surface area is 68.4 Å². The summed E-state index contributed by atoms with van der Waals surface area (Å²) in [5, 5.41) is 12.0. The third kappa shape index (κ3) is 1.34. The highest BCUT2D eigenvalue weighted by Gasteiger charge is 2.08. The van der Waals surface area contributed by atoms with Crippen LogP contribution in [0.2, 0.25) is 0 Å². The fourth-order valence-electron chi connectivity index (χ4n) is 0.745. The Bertz CT molecular complexity index is 347. The Morgan fingerprint density at radius 1 is 1.83 bits per heavy atom. The summed E-state index contributed by atoms with van der Waals surface area (Å²) in [6.07, 6.45) is 0. The van der Waals surface area contributed by atoms with Crippen LogP contribution in [0.5, 0.6) is 0 Å². The zero-order chi connectivity index (χ0) is 9.14. The molecule has 6 heteroatoms. The summed E-state index contributed by atoms with van der Waals surface area (Å²) in [4.78, 5) is 10.6. The molecule has 62 valence electrons. The molecule has 0 spiro atoms. The van der Waals surface area contributed by atoms with E-state index in [-0.39, 0.29) is 18.1 Å². The van der Waals surface area contributed by atoms with Gasteiger partial charge in [0.1, 0.15) is 12.4 Å². The lowest BCUT2D eigenvalue weighted by molar-refractivity contribution is 0.0995. The minimum Gasteiger partial charge on any atom is -0.384 e. The van der Waals surface area contributed by atoms with Crippen molar-refractivity contribution in [3.8, 4) is 6.07 Å². The SMILES string of the molecule is N#CCn1nc(C(N)=O)cc1N. The van der Waals surface area contributed by atoms with E-state index < -0.39 is 5.91 Å². The smallest absolute Gasteiger partial charge is 0.269 e. The zero-order valence-electron chi connectivity index (χ0n) is 6.19. The van der Waals surface area contributed by atoms with Crippen LogP contribution in [0.25, 0.3) is 0 Å². The number of nitriles is 1. The Morgan fingerprint density at radius 3 is 2.92 bits per heavy atom. The molecule has 4 N–H and O–H groups in total. The van der Waals surface area contributed by atoms with Crippen molar-refractivity contribution in [3.05, 3.63) is 11.8 Å². The molecule has 1 amide bonds. The van der Waals surface area contributed by atoms with Gasteiger partial charge in [0.05, 0.1) is 6.07 Å². The largest absolute Gasteiger partial charge is 0.384 e. The molecule has 0 saturated carbocycles. The van der Waals surface area contributed by atoms with E-state index in [0.717, 1.165) is 0 Å². The highest BCUT2D eigenvalue weighted by molar-refractivity contribution is 5.91. The third-order valence-corrected chi connectivity index (χ3v) is 1.28. The van der Waals surface area contributed by atoms with Crippen LogP contribution in [-0.2, 0) is 6.54 Å². The van der Waals surface area contributed by atoms with Gasteiger partial charge in [-0.05, 0) is 0 Å². The molecule has 0 unspecified atom stereocenters. The number of hydrogen-bond acceptors (Lipinski definition) is 4. The van der Waals surface area contributed by atoms with Gasteiger partial charge in [0.15, 0.2) is 5.69 Å². The third-order valence-electron chi connectivity index (χ3n) is 1.28. The number of aromatic nitrogens is 2. The summed E-state index contributed by atoms with van der Waals surface area (Å²) in [5.41, 5.74) is 10.4. The van der Waals surface area contributed by atoms with E-state index in [1.807, 2.05) is 6.07 Å². The molecule has 1 heterocycles. The number of nitrogens with zero attached hydrogens (tertiary/aromatic N) is 3. The second kappa shape index (κ2) is 2.92. The highest BCUT2D eigenvalue weighted by atomic mass is 16.1. The molecule has 12 heavy (non-hydrogen) atoms. The summed E-state index contributed by atoms with van der Waals surface area (Å²) < 4.78 is 1.21. The molecule has 0 saturated heterocycles. The summed E-state index contributed by atoms with van der Waals surface area (Å²) in [6.45, 7) is 0.0130. The first kappa shape index (κ1) is 8.07. The molecule has 0 radical (unpaired) electrons. The topological polar surface area (TPSA) is 111 Å². The van der Waals surface area contributed by atoms with Gasteiger partial charge in [-0.2, -0.15) is 10.4 Å². The molecule has 0 aromatic carbocycles. The molecular weight excluding hydrogens is 158 g/mol. The van der Waals surface area contributed by atoms with E-state index in [9.17, 15) is 4.79 Å². The molecule has 0 aliphatic heterocycles. The Hall–Kier alpha value is -2.03. The normalized spacial score (nSPS) is 9.25. The van der Waals surface area contributed by atoms with Crippen molar-refractivity contribution in [3.63, 3.8) is 0 Å². The van der Waals surface area contributed by atoms with Crippen LogP contribution < -0.4 is 11.5 Å². The zero-order valence-corrected chi connectivity index (χ0v) is 6.19. The Balaban J connectivity index is 3.02. The van der Waals surface area contributed by atoms with Crippen molar-refractivity contribution in [2.45, 2.75) is 6.54 Å². The number of rotatable bonds is 2. The lowest BCUT2D eigenvalue weighted by atomic mass is 10.4. The van der Waals surface area contributed by atoms with Crippen LogP contribution in [0.4, 0.5) is 5.82 Å². The quantitative estimate of drug-likeness (QED) is 0.590. The average molecular weight is 165 g/mol. The average Bonchev–Trinajstić information content (AvgIpc) is 2.34. The van der Waals surface area contributed by atoms with Crippen molar-refractivity contribution in [2.24, 2.45) is 5.73 Å². The first-order valence-electron chi connectivity index (χ1n) is 3.15. The first-order chi connectivity index (χ1) is 5.65. The predicted molar refractivity (Wildman–Crippen MR) is 40.8 cm³/mol. The van der Waals surface area contributed by atoms with Gasteiger partial charge in [-0.15, -0.1) is 0 Å². The van der Waals surface area contributed by atoms with Gasteiger partial charge >= 0.3 is 0 Å². The van der Waals surface area contributed by atoms with Gasteiger partial charge in [0, 0.05) is 6.07 Å². The molecule has 1 rings (SSSR count). The molecule has 0 bridgehead atoms. The Kier molecular flexibility index (Phi) is 1.96. The lowest BCUT2D eigenvalue weighted by Crippen LogP contribution is -2.12. The van der Waals surface area contributed by atoms with E-state index in [2.05, 4.69) is 5.10 Å². The number of hydrogen-bond donors (Lipinski definition) is 2. The van der Waals surface area contributed by atoms with E-state index in [4.69, 9.17) is 16.7 Å². The minimum atomic E-state index is -0.654. The van der Waals surface area contributed by atoms with Gasteiger partial charge < -0.3 is 11.5 Å². The highest BCUT2D eigenvalue weighted by Crippen LogP contribution is 2.04. The number of carbonyl (C=O) groups is 1. The second-order valence-corrected chi connectivity index (χ2v) is 2.13. The van der Waals surface area contributed by atoms with Crippen LogP contribution >= 0.6 is 0 Å². The molecule has 0 fully saturated rings. The monoisotopic (exact) mass is 165 g/mol. The standard InChI is InChI=1S/C6H7N5O/c7-1-2-11-5(8)3-4(10-11)6(9)12/h3H,2,8H2,(H2,9,12). The molecule has 0 aliphatic rings. The number of anilines is 1. The van der Waals surface area contributed by atoms with Crippen molar-refractivity contribution < 1.29 is 4.79 Å². The van der Waals surface area contributed by atoms with Gasteiger partial charge in [-0.3, -0.25) is 4.79 Å². The molecule has 0 atom stereocenters. The van der Waals surface area contributed by atoms with Crippen LogP contribution in [0.3, 0.4) is 0 Å². The van der Waals surface area contributed by atoms with Crippen LogP contribution in [0, 0.1) is 11.3 Å². The predicted octanol–water partition coefficient (Wildman–Crippen LogP) is -0.912. The van der Waals surface area contributed by atoms with Crippen molar-refractivity contribution >= 4 is 11.7 Å². The number of amides is 1. The van der Waals surface area contributed by atoms with Gasteiger partial charge in [-0.1, -0.05) is 0 Å². The molecule has 0 aliphatic carbocycles. The van der Waals surface area contributed by atoms with E-state index in [0.29, 0.717) is 0 Å². The maximum absolute atomic E-state index is 10.6. The number of primary amides is 1. The van der Waals surface area contributed by atoms with Gasteiger partial charge in [-0.25, -0.2) is 4.68 Å². The maximum Gasteiger partial charge on any atom is 0.269 e. The van der Waals surface area contributed by atoms with Gasteiger partial charge in [0.2, 0.25) is 0 Å². The van der Waals surface area contributed by atoms with Crippen LogP contribution in [0.15, 0.2) is 6.07 Å². The fourth-order valence-corrected chi connectivity index (χ4v) is 0.745. The molecule has 1 aromatic heterocycles. The minimum absolute atomic E-state index is 0.0130. The van der Waals surface area contributed by atoms with Crippen LogP contribution in [-0.4, -0.2) is 15.7 Å². The van der Waals surface area contributed by atoms with Gasteiger partial charge in [0.25, 0.3) is 5.91 Å². The summed E-state index contributed by atoms with van der Waals surface area (Å²) >= 11 is 0. The van der Waals surface area contributed by atoms with Crippen molar-refractivity contribution in [1.29, 1.82) is 5.26 Å². The molecule has 6 nitrogen and oxygen atoms in total. The maximum atomic E-state index is 10.6. The lowest BCUT2D eigenvalue weighted by Gasteiger charge is -1.93. The van der Waals surface area contributed by atoms with E-state index in [1.54, 1.807) is 0 Å². The summed E-state index contributed by atoms with van der Waals surface area (Å²) in [6, 6.07) is 3.18. The number of nitrogens with two attached hydrogens (primary N) is 2. The van der Waals surface area contributed by atoms with Crippen LogP contribution in [0.1, 0.15) is 10.5 Å². The van der Waals surface area contributed by atoms with Crippen molar-refractivity contribution in [2.75, 3.05) is 5.73 Å². The van der Waals surface area contributed by atoms with E-state index in [1.165, 1.54) is 10.7 Å². The number of carbonyl (C=O) groups excluding carboxylic acids is 1. The second-order valence-electron chi connectivity index (χ2n) is 2.13. The summed E-state index contributed by atoms with van der Waals surface area (Å²) in [5.74, 6) is -0.399. The fraction of sp³-hybridized carbons (Fsp3) is 0.167. The number of nitrogen functional groups attached to an aromatic ring is 1. The molecule has 1 aromatic rings. The van der Waals surface area contributed by atoms with E-state index >= 15 is 0 Å². The Morgan fingerprint density at radius 2 is 2.50 bits per heavy atom. The summed E-state index contributed by atoms with van der Waals surface area (Å²) in [7, 11) is 0. The first-order valence-corrected chi connectivity index (χ1v) is 3.15. The van der Waals surface area contributed by atoms with Crippen molar-refractivity contribution in [1.82, 2.24) is 9.78 Å². The molecular formula is C6H7N5O.